The van der Waals surface area contributed by atoms with Crippen LogP contribution in [-0.2, 0) is 14.3 Å². The molecule has 0 saturated heterocycles. The summed E-state index contributed by atoms with van der Waals surface area (Å²) in [4.78, 5) is 34.6. The second-order valence-corrected chi connectivity index (χ2v) is 6.35. The molecule has 1 amide bonds. The zero-order valence-corrected chi connectivity index (χ0v) is 16.2. The number of ether oxygens (including phenoxy) is 3. The van der Waals surface area contributed by atoms with Gasteiger partial charge in [-0.05, 0) is 25.3 Å². The third-order valence-electron chi connectivity index (χ3n) is 3.83. The standard InChI is InChI=1S/C18H26N2O7/c1-6-12(4)19-18(22)17(11(2)3)27-16(21)10-26-13-7-8-14(20(23)24)15(9-13)25-5/h7-9,11-12,17H,6,10H2,1-5H3,(H,19,22). The number of amides is 1. The molecule has 0 aromatic heterocycles. The lowest BCUT2D eigenvalue weighted by Gasteiger charge is -2.22. The number of rotatable bonds is 10. The summed E-state index contributed by atoms with van der Waals surface area (Å²) in [5, 5.41) is 13.7. The highest BCUT2D eigenvalue weighted by Crippen LogP contribution is 2.30. The van der Waals surface area contributed by atoms with Gasteiger partial charge in [0, 0.05) is 18.2 Å². The lowest BCUT2D eigenvalue weighted by molar-refractivity contribution is -0.385. The van der Waals surface area contributed by atoms with Crippen molar-refractivity contribution in [1.82, 2.24) is 5.32 Å². The number of nitro benzene ring substituents is 1. The second kappa shape index (κ2) is 10.3. The van der Waals surface area contributed by atoms with Crippen molar-refractivity contribution in [1.29, 1.82) is 0 Å². The highest BCUT2D eigenvalue weighted by atomic mass is 16.6. The van der Waals surface area contributed by atoms with Gasteiger partial charge in [0.2, 0.25) is 5.75 Å². The zero-order valence-electron chi connectivity index (χ0n) is 16.2. The molecule has 0 aliphatic heterocycles. The predicted octanol–water partition coefficient (Wildman–Crippen LogP) is 2.46. The average molecular weight is 382 g/mol. The van der Waals surface area contributed by atoms with Crippen LogP contribution in [0.5, 0.6) is 11.5 Å². The third-order valence-corrected chi connectivity index (χ3v) is 3.83. The van der Waals surface area contributed by atoms with E-state index in [1.165, 1.54) is 25.3 Å². The van der Waals surface area contributed by atoms with Gasteiger partial charge < -0.3 is 19.5 Å². The van der Waals surface area contributed by atoms with Gasteiger partial charge in [0.15, 0.2) is 12.7 Å². The Balaban J connectivity index is 2.70. The van der Waals surface area contributed by atoms with Gasteiger partial charge in [0.25, 0.3) is 5.91 Å². The van der Waals surface area contributed by atoms with Crippen molar-refractivity contribution in [3.63, 3.8) is 0 Å². The van der Waals surface area contributed by atoms with Crippen LogP contribution in [0.25, 0.3) is 0 Å². The Morgan fingerprint density at radius 2 is 1.93 bits per heavy atom. The van der Waals surface area contributed by atoms with E-state index in [0.29, 0.717) is 0 Å². The Morgan fingerprint density at radius 1 is 1.26 bits per heavy atom. The molecule has 0 bridgehead atoms. The van der Waals surface area contributed by atoms with Gasteiger partial charge in [0.1, 0.15) is 5.75 Å². The summed E-state index contributed by atoms with van der Waals surface area (Å²) >= 11 is 0. The van der Waals surface area contributed by atoms with Gasteiger partial charge in [-0.25, -0.2) is 4.79 Å². The molecule has 1 N–H and O–H groups in total. The Labute approximate surface area is 158 Å². The molecule has 27 heavy (non-hydrogen) atoms. The Bertz CT molecular complexity index is 676. The Hall–Kier alpha value is -2.84. The lowest BCUT2D eigenvalue weighted by atomic mass is 10.1. The zero-order chi connectivity index (χ0) is 20.6. The molecule has 9 heteroatoms. The van der Waals surface area contributed by atoms with Crippen molar-refractivity contribution in [3.8, 4) is 11.5 Å². The average Bonchev–Trinajstić information content (AvgIpc) is 2.63. The summed E-state index contributed by atoms with van der Waals surface area (Å²) < 4.78 is 15.5. The maximum absolute atomic E-state index is 12.2. The van der Waals surface area contributed by atoms with Crippen LogP contribution in [0.2, 0.25) is 0 Å². The number of benzene rings is 1. The van der Waals surface area contributed by atoms with E-state index in [1.807, 2.05) is 13.8 Å². The van der Waals surface area contributed by atoms with Gasteiger partial charge >= 0.3 is 11.7 Å². The number of hydrogen-bond acceptors (Lipinski definition) is 7. The summed E-state index contributed by atoms with van der Waals surface area (Å²) in [5.41, 5.74) is -0.214. The first kappa shape index (κ1) is 22.2. The normalized spacial score (nSPS) is 12.8. The molecule has 0 aliphatic carbocycles. The number of nitro groups is 1. The molecular formula is C18H26N2O7. The fourth-order valence-electron chi connectivity index (χ4n) is 2.14. The molecule has 0 saturated carbocycles. The monoisotopic (exact) mass is 382 g/mol. The molecule has 9 nitrogen and oxygen atoms in total. The Kier molecular flexibility index (Phi) is 8.50. The van der Waals surface area contributed by atoms with E-state index >= 15 is 0 Å². The van der Waals surface area contributed by atoms with Gasteiger partial charge in [-0.15, -0.1) is 0 Å². The molecule has 1 aromatic carbocycles. The van der Waals surface area contributed by atoms with Crippen LogP contribution in [0.3, 0.4) is 0 Å². The second-order valence-electron chi connectivity index (χ2n) is 6.35. The molecular weight excluding hydrogens is 356 g/mol. The maximum atomic E-state index is 12.2. The summed E-state index contributed by atoms with van der Waals surface area (Å²) in [6.45, 7) is 6.91. The summed E-state index contributed by atoms with van der Waals surface area (Å²) in [7, 11) is 1.30. The van der Waals surface area contributed by atoms with Crippen molar-refractivity contribution >= 4 is 17.6 Å². The van der Waals surface area contributed by atoms with E-state index in [4.69, 9.17) is 14.2 Å². The summed E-state index contributed by atoms with van der Waals surface area (Å²) in [6, 6.07) is 3.85. The molecule has 0 heterocycles. The minimum atomic E-state index is -0.929. The van der Waals surface area contributed by atoms with Crippen molar-refractivity contribution in [2.75, 3.05) is 13.7 Å². The largest absolute Gasteiger partial charge is 0.490 e. The SMILES string of the molecule is CCC(C)NC(=O)C(OC(=O)COc1ccc([N+](=O)[O-])c(OC)c1)C(C)C. The van der Waals surface area contributed by atoms with Crippen molar-refractivity contribution in [3.05, 3.63) is 28.3 Å². The maximum Gasteiger partial charge on any atom is 0.344 e. The summed E-state index contributed by atoms with van der Waals surface area (Å²) in [6.07, 6.45) is -0.170. The molecule has 2 unspecified atom stereocenters. The quantitative estimate of drug-likeness (QED) is 0.375. The molecule has 0 fully saturated rings. The van der Waals surface area contributed by atoms with E-state index in [9.17, 15) is 19.7 Å². The molecule has 150 valence electrons. The number of nitrogens with zero attached hydrogens (tertiary/aromatic N) is 1. The van der Waals surface area contributed by atoms with Crippen LogP contribution in [0.15, 0.2) is 18.2 Å². The lowest BCUT2D eigenvalue weighted by Crippen LogP contribution is -2.44. The van der Waals surface area contributed by atoms with Gasteiger partial charge in [-0.1, -0.05) is 20.8 Å². The van der Waals surface area contributed by atoms with Crippen molar-refractivity contribution in [2.24, 2.45) is 5.92 Å². The van der Waals surface area contributed by atoms with E-state index in [2.05, 4.69) is 5.32 Å². The first-order chi connectivity index (χ1) is 12.7. The highest BCUT2D eigenvalue weighted by molar-refractivity contribution is 5.84. The fourth-order valence-corrected chi connectivity index (χ4v) is 2.14. The smallest absolute Gasteiger partial charge is 0.344 e. The van der Waals surface area contributed by atoms with E-state index < -0.39 is 23.6 Å². The molecule has 1 aromatic rings. The van der Waals surface area contributed by atoms with Gasteiger partial charge in [0.05, 0.1) is 12.0 Å². The molecule has 1 rings (SSSR count). The first-order valence-corrected chi connectivity index (χ1v) is 8.64. The van der Waals surface area contributed by atoms with E-state index in [0.717, 1.165) is 6.42 Å². The number of carbonyl (C=O) groups excluding carboxylic acids is 2. The number of carbonyl (C=O) groups is 2. The molecule has 0 spiro atoms. The minimum Gasteiger partial charge on any atom is -0.490 e. The highest BCUT2D eigenvalue weighted by Gasteiger charge is 2.27. The van der Waals surface area contributed by atoms with Crippen LogP contribution >= 0.6 is 0 Å². The minimum absolute atomic E-state index is 0.0128. The number of methoxy groups -OCH3 is 1. The van der Waals surface area contributed by atoms with Crippen LogP contribution in [0.1, 0.15) is 34.1 Å². The Morgan fingerprint density at radius 3 is 2.44 bits per heavy atom. The first-order valence-electron chi connectivity index (χ1n) is 8.64. The van der Waals surface area contributed by atoms with Crippen LogP contribution in [0, 0.1) is 16.0 Å². The summed E-state index contributed by atoms with van der Waals surface area (Å²) in [5.74, 6) is -1.06. The van der Waals surface area contributed by atoms with E-state index in [-0.39, 0.29) is 35.1 Å². The number of esters is 1. The topological polar surface area (TPSA) is 117 Å². The fraction of sp³-hybridized carbons (Fsp3) is 0.556. The van der Waals surface area contributed by atoms with Crippen molar-refractivity contribution in [2.45, 2.75) is 46.3 Å². The van der Waals surface area contributed by atoms with Gasteiger partial charge in [-0.2, -0.15) is 0 Å². The number of nitrogens with one attached hydrogen (secondary N) is 1. The molecule has 0 aliphatic rings. The predicted molar refractivity (Wildman–Crippen MR) is 97.8 cm³/mol. The van der Waals surface area contributed by atoms with Crippen LogP contribution in [0.4, 0.5) is 5.69 Å². The molecule has 0 radical (unpaired) electrons. The number of hydrogen-bond donors (Lipinski definition) is 1. The molecule has 2 atom stereocenters. The third kappa shape index (κ3) is 6.76. The van der Waals surface area contributed by atoms with Crippen LogP contribution < -0.4 is 14.8 Å². The van der Waals surface area contributed by atoms with Crippen LogP contribution in [-0.4, -0.2) is 42.7 Å². The van der Waals surface area contributed by atoms with Crippen molar-refractivity contribution < 1.29 is 28.7 Å². The van der Waals surface area contributed by atoms with Gasteiger partial charge in [-0.3, -0.25) is 14.9 Å². The van der Waals surface area contributed by atoms with E-state index in [1.54, 1.807) is 13.8 Å².